The molecular weight excluding hydrogens is 205 g/mol. The van der Waals surface area contributed by atoms with Crippen LogP contribution < -0.4 is 6.15 Å². The lowest BCUT2D eigenvalue weighted by atomic mass is 10.4. The fourth-order valence-electron chi connectivity index (χ4n) is 0.597. The van der Waals surface area contributed by atoms with Crippen molar-refractivity contribution in [1.29, 1.82) is 0 Å². The van der Waals surface area contributed by atoms with Gasteiger partial charge in [-0.3, -0.25) is 0 Å². The number of hydrogen-bond donors (Lipinski definition) is 1. The predicted octanol–water partition coefficient (Wildman–Crippen LogP) is 1.92. The Morgan fingerprint density at radius 1 is 1.17 bits per heavy atom. The van der Waals surface area contributed by atoms with Crippen LogP contribution in [0.1, 0.15) is 0 Å². The van der Waals surface area contributed by atoms with Gasteiger partial charge >= 0.3 is 0 Å². The summed E-state index contributed by atoms with van der Waals surface area (Å²) in [4.78, 5) is -0.0967. The van der Waals surface area contributed by atoms with Crippen LogP contribution in [0.4, 0.5) is 4.39 Å². The van der Waals surface area contributed by atoms with E-state index in [4.69, 9.17) is 10.7 Å². The highest BCUT2D eigenvalue weighted by molar-refractivity contribution is 8.13. The molecule has 1 aromatic rings. The number of benzene rings is 1. The lowest BCUT2D eigenvalue weighted by Gasteiger charge is -1.93. The van der Waals surface area contributed by atoms with Gasteiger partial charge in [0.05, 0.1) is 4.90 Å². The van der Waals surface area contributed by atoms with Crippen LogP contribution in [0.25, 0.3) is 0 Å². The molecule has 0 atom stereocenters. The Kier molecular flexibility index (Phi) is 3.63. The molecule has 0 unspecified atom stereocenters. The fourth-order valence-corrected chi connectivity index (χ4v) is 1.37. The van der Waals surface area contributed by atoms with E-state index in [1.807, 2.05) is 0 Å². The molecule has 1 aromatic carbocycles. The van der Waals surface area contributed by atoms with Gasteiger partial charge < -0.3 is 6.15 Å². The van der Waals surface area contributed by atoms with Gasteiger partial charge in [0, 0.05) is 10.7 Å². The summed E-state index contributed by atoms with van der Waals surface area (Å²) >= 11 is 0. The topological polar surface area (TPSA) is 69.1 Å². The Bertz CT molecular complexity index is 348. The van der Waals surface area contributed by atoms with E-state index < -0.39 is 14.9 Å². The number of hydrogen-bond acceptors (Lipinski definition) is 3. The minimum Gasteiger partial charge on any atom is -0.344 e. The largest absolute Gasteiger partial charge is 0.344 e. The van der Waals surface area contributed by atoms with Gasteiger partial charge in [0.1, 0.15) is 5.82 Å². The van der Waals surface area contributed by atoms with Gasteiger partial charge in [-0.05, 0) is 24.3 Å². The molecule has 0 radical (unpaired) electrons. The predicted molar refractivity (Wildman–Crippen MR) is 44.5 cm³/mol. The van der Waals surface area contributed by atoms with Crippen molar-refractivity contribution in [2.24, 2.45) is 0 Å². The summed E-state index contributed by atoms with van der Waals surface area (Å²) in [6.07, 6.45) is 0. The van der Waals surface area contributed by atoms with E-state index in [9.17, 15) is 12.8 Å². The van der Waals surface area contributed by atoms with Crippen LogP contribution in [0.3, 0.4) is 0 Å². The van der Waals surface area contributed by atoms with Crippen LogP contribution in [-0.4, -0.2) is 8.42 Å². The molecular formula is C6H7ClFNO2S. The lowest BCUT2D eigenvalue weighted by Crippen LogP contribution is -1.89. The highest BCUT2D eigenvalue weighted by Crippen LogP contribution is 2.14. The van der Waals surface area contributed by atoms with Gasteiger partial charge in [-0.1, -0.05) is 0 Å². The Morgan fingerprint density at radius 3 is 1.92 bits per heavy atom. The summed E-state index contributed by atoms with van der Waals surface area (Å²) in [5, 5.41) is 0. The highest BCUT2D eigenvalue weighted by Gasteiger charge is 2.08. The molecule has 0 aliphatic rings. The second kappa shape index (κ2) is 3.84. The van der Waals surface area contributed by atoms with Gasteiger partial charge in [-0.25, -0.2) is 12.8 Å². The van der Waals surface area contributed by atoms with Crippen molar-refractivity contribution in [2.45, 2.75) is 4.90 Å². The normalized spacial score (nSPS) is 10.5. The van der Waals surface area contributed by atoms with Crippen molar-refractivity contribution in [1.82, 2.24) is 6.15 Å². The summed E-state index contributed by atoms with van der Waals surface area (Å²) in [6, 6.07) is 4.29. The van der Waals surface area contributed by atoms with Crippen LogP contribution in [0.2, 0.25) is 0 Å². The van der Waals surface area contributed by atoms with Crippen molar-refractivity contribution in [3.8, 4) is 0 Å². The van der Waals surface area contributed by atoms with Crippen LogP contribution in [-0.2, 0) is 9.05 Å². The molecule has 0 amide bonds. The van der Waals surface area contributed by atoms with Gasteiger partial charge in [0.15, 0.2) is 0 Å². The Balaban J connectivity index is 0.00000121. The molecule has 3 N–H and O–H groups in total. The average Bonchev–Trinajstić information content (AvgIpc) is 1.86. The van der Waals surface area contributed by atoms with Crippen LogP contribution in [0.5, 0.6) is 0 Å². The van der Waals surface area contributed by atoms with Crippen LogP contribution in [0.15, 0.2) is 29.2 Å². The molecule has 6 heteroatoms. The molecule has 0 saturated carbocycles. The van der Waals surface area contributed by atoms with E-state index in [0.29, 0.717) is 0 Å². The molecule has 0 aliphatic heterocycles. The molecule has 0 bridgehead atoms. The summed E-state index contributed by atoms with van der Waals surface area (Å²) in [6.45, 7) is 0. The SMILES string of the molecule is N.O=S(=O)(Cl)c1ccc(F)cc1. The minimum absolute atomic E-state index is 0. The zero-order chi connectivity index (χ0) is 8.48. The first-order valence-electron chi connectivity index (χ1n) is 2.70. The van der Waals surface area contributed by atoms with Crippen molar-refractivity contribution >= 4 is 19.7 Å². The summed E-state index contributed by atoms with van der Waals surface area (Å²) in [7, 11) is 1.25. The molecule has 0 saturated heterocycles. The summed E-state index contributed by atoms with van der Waals surface area (Å²) in [5.74, 6) is -0.492. The van der Waals surface area contributed by atoms with E-state index >= 15 is 0 Å². The third-order valence-corrected chi connectivity index (χ3v) is 2.46. The van der Waals surface area contributed by atoms with Crippen LogP contribution >= 0.6 is 10.7 Å². The number of halogens is 2. The van der Waals surface area contributed by atoms with E-state index in [2.05, 4.69) is 0 Å². The maximum atomic E-state index is 12.2. The smallest absolute Gasteiger partial charge is 0.261 e. The first-order chi connectivity index (χ1) is 5.00. The molecule has 68 valence electrons. The molecule has 0 heterocycles. The van der Waals surface area contributed by atoms with E-state index in [0.717, 1.165) is 24.3 Å². The molecule has 3 nitrogen and oxygen atoms in total. The van der Waals surface area contributed by atoms with E-state index in [1.165, 1.54) is 0 Å². The third kappa shape index (κ3) is 2.77. The maximum Gasteiger partial charge on any atom is 0.261 e. The van der Waals surface area contributed by atoms with Crippen molar-refractivity contribution < 1.29 is 12.8 Å². The van der Waals surface area contributed by atoms with Crippen molar-refractivity contribution in [2.75, 3.05) is 0 Å². The summed E-state index contributed by atoms with van der Waals surface area (Å²) in [5.41, 5.74) is 0. The monoisotopic (exact) mass is 211 g/mol. The molecule has 1 rings (SSSR count). The van der Waals surface area contributed by atoms with Gasteiger partial charge in [-0.2, -0.15) is 0 Å². The van der Waals surface area contributed by atoms with Gasteiger partial charge in [0.2, 0.25) is 0 Å². The van der Waals surface area contributed by atoms with E-state index in [-0.39, 0.29) is 11.0 Å². The molecule has 0 fully saturated rings. The van der Waals surface area contributed by atoms with Gasteiger partial charge in [-0.15, -0.1) is 0 Å². The Labute approximate surface area is 74.2 Å². The summed E-state index contributed by atoms with van der Waals surface area (Å²) < 4.78 is 33.4. The molecule has 12 heavy (non-hydrogen) atoms. The Hall–Kier alpha value is -0.650. The lowest BCUT2D eigenvalue weighted by molar-refractivity contribution is 0.607. The second-order valence-corrected chi connectivity index (χ2v) is 4.46. The second-order valence-electron chi connectivity index (χ2n) is 1.89. The molecule has 0 aliphatic carbocycles. The van der Waals surface area contributed by atoms with Gasteiger partial charge in [0.25, 0.3) is 9.05 Å². The van der Waals surface area contributed by atoms with Crippen molar-refractivity contribution in [3.05, 3.63) is 30.1 Å². The Morgan fingerprint density at radius 2 is 1.58 bits per heavy atom. The molecule has 0 spiro atoms. The minimum atomic E-state index is -3.71. The first kappa shape index (κ1) is 11.4. The highest BCUT2D eigenvalue weighted by atomic mass is 35.7. The zero-order valence-corrected chi connectivity index (χ0v) is 7.57. The molecule has 0 aromatic heterocycles. The standard InChI is InChI=1S/C6H4ClFO2S.H3N/c7-11(9,10)6-3-1-5(8)2-4-6;/h1-4H;1H3. The quantitative estimate of drug-likeness (QED) is 0.722. The first-order valence-corrected chi connectivity index (χ1v) is 5.01. The van der Waals surface area contributed by atoms with Crippen molar-refractivity contribution in [3.63, 3.8) is 0 Å². The maximum absolute atomic E-state index is 12.2. The fraction of sp³-hybridized carbons (Fsp3) is 0. The third-order valence-electron chi connectivity index (χ3n) is 1.10. The van der Waals surface area contributed by atoms with E-state index in [1.54, 1.807) is 0 Å². The van der Waals surface area contributed by atoms with Crippen LogP contribution in [0, 0.1) is 5.82 Å². The number of rotatable bonds is 1. The zero-order valence-electron chi connectivity index (χ0n) is 6.00. The average molecular weight is 212 g/mol.